The third-order valence-corrected chi connectivity index (χ3v) is 4.77. The van der Waals surface area contributed by atoms with Gasteiger partial charge in [-0.1, -0.05) is 18.0 Å². The van der Waals surface area contributed by atoms with Gasteiger partial charge in [-0.15, -0.1) is 0 Å². The fraction of sp³-hybridized carbons (Fsp3) is 0.500. The molecule has 122 valence electrons. The van der Waals surface area contributed by atoms with Gasteiger partial charge >= 0.3 is 0 Å². The van der Waals surface area contributed by atoms with E-state index in [4.69, 9.17) is 11.6 Å². The molecule has 1 fully saturated rings. The van der Waals surface area contributed by atoms with Gasteiger partial charge in [-0.3, -0.25) is 4.79 Å². The minimum atomic E-state index is -3.27. The van der Waals surface area contributed by atoms with Crippen molar-refractivity contribution in [3.63, 3.8) is 0 Å². The molecule has 2 unspecified atom stereocenters. The van der Waals surface area contributed by atoms with Crippen molar-refractivity contribution in [3.8, 4) is 0 Å². The van der Waals surface area contributed by atoms with E-state index in [1.165, 1.54) is 12.1 Å². The molecule has 2 atom stereocenters. The molecule has 1 saturated carbocycles. The highest BCUT2D eigenvalue weighted by Crippen LogP contribution is 2.26. The number of benzene rings is 1. The summed E-state index contributed by atoms with van der Waals surface area (Å²) < 4.78 is 38.2. The number of carbonyl (C=O) groups excluding carboxylic acids is 1. The first-order valence-electron chi connectivity index (χ1n) is 6.97. The van der Waals surface area contributed by atoms with E-state index < -0.39 is 21.7 Å². The summed E-state index contributed by atoms with van der Waals surface area (Å²) in [5, 5.41) is 2.79. The Morgan fingerprint density at radius 1 is 1.41 bits per heavy atom. The predicted octanol–water partition coefficient (Wildman–Crippen LogP) is 1.93. The van der Waals surface area contributed by atoms with Gasteiger partial charge in [0.1, 0.15) is 5.82 Å². The molecule has 0 radical (unpaired) electrons. The topological polar surface area (TPSA) is 75.3 Å². The van der Waals surface area contributed by atoms with Gasteiger partial charge in [-0.05, 0) is 37.0 Å². The Bertz CT molecular complexity index is 666. The molecular weight excluding hydrogens is 331 g/mol. The Labute approximate surface area is 134 Å². The monoisotopic (exact) mass is 348 g/mol. The Balaban J connectivity index is 1.95. The van der Waals surface area contributed by atoms with Gasteiger partial charge in [0.05, 0.1) is 16.8 Å². The minimum absolute atomic E-state index is 0.0397. The zero-order valence-corrected chi connectivity index (χ0v) is 13.7. The molecule has 22 heavy (non-hydrogen) atoms. The quantitative estimate of drug-likeness (QED) is 0.853. The first-order chi connectivity index (χ1) is 10.3. The maximum atomic E-state index is 13.0. The highest BCUT2D eigenvalue weighted by molar-refractivity contribution is 7.88. The number of hydrogen-bond acceptors (Lipinski definition) is 3. The molecular formula is C14H18ClFN2O3S. The summed E-state index contributed by atoms with van der Waals surface area (Å²) in [4.78, 5) is 12.1. The van der Waals surface area contributed by atoms with Gasteiger partial charge in [0.15, 0.2) is 0 Å². The highest BCUT2D eigenvalue weighted by atomic mass is 35.5. The standard InChI is InChI=1S/C14H18ClFN2O3S/c1-22(20,21)18-13-4-2-3-9(13)8-17-14(19)11-6-5-10(16)7-12(11)15/h5-7,9,13,18H,2-4,8H2,1H3,(H,17,19). The van der Waals surface area contributed by atoms with Crippen molar-refractivity contribution >= 4 is 27.5 Å². The molecule has 0 aliphatic heterocycles. The lowest BCUT2D eigenvalue weighted by Gasteiger charge is -2.20. The molecule has 2 N–H and O–H groups in total. The van der Waals surface area contributed by atoms with Crippen LogP contribution in [0.25, 0.3) is 0 Å². The predicted molar refractivity (Wildman–Crippen MR) is 82.9 cm³/mol. The van der Waals surface area contributed by atoms with E-state index in [-0.39, 0.29) is 22.5 Å². The Morgan fingerprint density at radius 3 is 2.77 bits per heavy atom. The van der Waals surface area contributed by atoms with Gasteiger partial charge in [-0.25, -0.2) is 17.5 Å². The molecule has 1 amide bonds. The van der Waals surface area contributed by atoms with Crippen molar-refractivity contribution in [2.24, 2.45) is 5.92 Å². The molecule has 2 rings (SSSR count). The molecule has 0 aromatic heterocycles. The summed E-state index contributed by atoms with van der Waals surface area (Å²) in [5.74, 6) is -0.859. The van der Waals surface area contributed by atoms with Crippen molar-refractivity contribution in [1.82, 2.24) is 10.0 Å². The average molecular weight is 349 g/mol. The molecule has 0 saturated heterocycles. The smallest absolute Gasteiger partial charge is 0.252 e. The molecule has 0 spiro atoms. The highest BCUT2D eigenvalue weighted by Gasteiger charge is 2.29. The van der Waals surface area contributed by atoms with Crippen LogP contribution in [0.4, 0.5) is 4.39 Å². The van der Waals surface area contributed by atoms with Gasteiger partial charge in [0.2, 0.25) is 10.0 Å². The van der Waals surface area contributed by atoms with Crippen molar-refractivity contribution in [2.45, 2.75) is 25.3 Å². The van der Waals surface area contributed by atoms with E-state index in [9.17, 15) is 17.6 Å². The van der Waals surface area contributed by atoms with Crippen LogP contribution in [-0.4, -0.2) is 33.2 Å². The van der Waals surface area contributed by atoms with Crippen LogP contribution in [-0.2, 0) is 10.0 Å². The lowest BCUT2D eigenvalue weighted by atomic mass is 10.0. The van der Waals surface area contributed by atoms with Crippen LogP contribution in [0.5, 0.6) is 0 Å². The van der Waals surface area contributed by atoms with Crippen LogP contribution in [0, 0.1) is 11.7 Å². The van der Waals surface area contributed by atoms with Crippen molar-refractivity contribution in [2.75, 3.05) is 12.8 Å². The number of rotatable bonds is 5. The first-order valence-corrected chi connectivity index (χ1v) is 9.24. The van der Waals surface area contributed by atoms with E-state index in [2.05, 4.69) is 10.0 Å². The number of nitrogens with one attached hydrogen (secondary N) is 2. The number of halogens is 2. The zero-order chi connectivity index (χ0) is 16.3. The molecule has 1 aliphatic carbocycles. The number of carbonyl (C=O) groups is 1. The van der Waals surface area contributed by atoms with Crippen LogP contribution in [0.2, 0.25) is 5.02 Å². The van der Waals surface area contributed by atoms with Gasteiger partial charge < -0.3 is 5.32 Å². The van der Waals surface area contributed by atoms with Crippen molar-refractivity contribution < 1.29 is 17.6 Å². The molecule has 1 aromatic carbocycles. The lowest BCUT2D eigenvalue weighted by Crippen LogP contribution is -2.41. The second-order valence-corrected chi connectivity index (χ2v) is 7.71. The molecule has 0 heterocycles. The Hall–Kier alpha value is -1.18. The fourth-order valence-corrected chi connectivity index (χ4v) is 3.82. The maximum Gasteiger partial charge on any atom is 0.252 e. The summed E-state index contributed by atoms with van der Waals surface area (Å²) in [6.07, 6.45) is 3.62. The fourth-order valence-electron chi connectivity index (χ4n) is 2.70. The second-order valence-electron chi connectivity index (χ2n) is 5.52. The largest absolute Gasteiger partial charge is 0.352 e. The van der Waals surface area contributed by atoms with Crippen LogP contribution < -0.4 is 10.0 Å². The van der Waals surface area contributed by atoms with Gasteiger partial charge in [-0.2, -0.15) is 0 Å². The molecule has 5 nitrogen and oxygen atoms in total. The normalized spacial score (nSPS) is 21.8. The molecule has 0 bridgehead atoms. The number of amides is 1. The van der Waals surface area contributed by atoms with Gasteiger partial charge in [0, 0.05) is 12.6 Å². The van der Waals surface area contributed by atoms with Crippen LogP contribution in [0.1, 0.15) is 29.6 Å². The van der Waals surface area contributed by atoms with Crippen LogP contribution in [0.15, 0.2) is 18.2 Å². The van der Waals surface area contributed by atoms with Crippen LogP contribution in [0.3, 0.4) is 0 Å². The number of hydrogen-bond donors (Lipinski definition) is 2. The summed E-state index contributed by atoms with van der Waals surface area (Å²) in [6.45, 7) is 0.347. The zero-order valence-electron chi connectivity index (χ0n) is 12.1. The summed E-state index contributed by atoms with van der Waals surface area (Å²) in [6, 6.07) is 3.41. The van der Waals surface area contributed by atoms with E-state index in [0.717, 1.165) is 31.6 Å². The Morgan fingerprint density at radius 2 is 2.14 bits per heavy atom. The molecule has 1 aliphatic rings. The summed E-state index contributed by atoms with van der Waals surface area (Å²) >= 11 is 5.84. The van der Waals surface area contributed by atoms with Crippen molar-refractivity contribution in [1.29, 1.82) is 0 Å². The van der Waals surface area contributed by atoms with Crippen molar-refractivity contribution in [3.05, 3.63) is 34.6 Å². The van der Waals surface area contributed by atoms with E-state index >= 15 is 0 Å². The summed E-state index contributed by atoms with van der Waals surface area (Å²) in [5.41, 5.74) is 0.202. The Kier molecular flexibility index (Phi) is 5.41. The average Bonchev–Trinajstić information content (AvgIpc) is 2.81. The van der Waals surface area contributed by atoms with E-state index in [1.54, 1.807) is 0 Å². The van der Waals surface area contributed by atoms with Crippen LogP contribution >= 0.6 is 11.6 Å². The minimum Gasteiger partial charge on any atom is -0.352 e. The number of sulfonamides is 1. The third kappa shape index (κ3) is 4.66. The lowest BCUT2D eigenvalue weighted by molar-refractivity contribution is 0.0946. The summed E-state index contributed by atoms with van der Waals surface area (Å²) in [7, 11) is -3.27. The SMILES string of the molecule is CS(=O)(=O)NC1CCCC1CNC(=O)c1ccc(F)cc1Cl. The molecule has 8 heteroatoms. The second kappa shape index (κ2) is 6.93. The van der Waals surface area contributed by atoms with Gasteiger partial charge in [0.25, 0.3) is 5.91 Å². The first kappa shape index (κ1) is 17.2. The third-order valence-electron chi connectivity index (χ3n) is 3.73. The maximum absolute atomic E-state index is 13.0. The van der Waals surface area contributed by atoms with E-state index in [1.807, 2.05) is 0 Å². The van der Waals surface area contributed by atoms with E-state index in [0.29, 0.717) is 6.54 Å². The molecule has 1 aromatic rings.